The lowest BCUT2D eigenvalue weighted by atomic mass is 10.5. The van der Waals surface area contributed by atoms with Gasteiger partial charge in [-0.2, -0.15) is 12.6 Å². The number of thiol groups is 1. The van der Waals surface area contributed by atoms with E-state index in [4.69, 9.17) is 5.73 Å². The van der Waals surface area contributed by atoms with Gasteiger partial charge in [0.05, 0.1) is 25.4 Å². The molecule has 0 atom stereocenters. The quantitative estimate of drug-likeness (QED) is 0.340. The molecule has 110 valence electrons. The summed E-state index contributed by atoms with van der Waals surface area (Å²) in [6.45, 7) is 3.19. The van der Waals surface area contributed by atoms with Gasteiger partial charge in [-0.1, -0.05) is 13.8 Å². The summed E-state index contributed by atoms with van der Waals surface area (Å²) in [4.78, 5) is 43.1. The van der Waals surface area contributed by atoms with Crippen molar-refractivity contribution in [3.05, 3.63) is 0 Å². The molecule has 0 aromatic heterocycles. The van der Waals surface area contributed by atoms with E-state index in [1.54, 1.807) is 0 Å². The molecule has 0 rings (SSSR count). The molecule has 0 aliphatic heterocycles. The highest BCUT2D eigenvalue weighted by molar-refractivity contribution is 7.81. The smallest absolute Gasteiger partial charge is 0.239 e. The molecule has 19 heavy (non-hydrogen) atoms. The third kappa shape index (κ3) is 14.2. The Morgan fingerprint density at radius 2 is 1.21 bits per heavy atom. The zero-order chi connectivity index (χ0) is 15.3. The van der Waals surface area contributed by atoms with Crippen molar-refractivity contribution in [2.24, 2.45) is 5.73 Å². The van der Waals surface area contributed by atoms with Crippen molar-refractivity contribution in [3.63, 3.8) is 0 Å². The fraction of sp³-hybridized carbons (Fsp3) is 0.600. The lowest BCUT2D eigenvalue weighted by Gasteiger charge is -2.06. The van der Waals surface area contributed by atoms with Crippen molar-refractivity contribution in [1.82, 2.24) is 16.0 Å². The zero-order valence-corrected chi connectivity index (χ0v) is 11.9. The minimum atomic E-state index is -0.675. The second-order valence-corrected chi connectivity index (χ2v) is 3.27. The van der Waals surface area contributed by atoms with Crippen LogP contribution in [0.5, 0.6) is 0 Å². The Bertz CT molecular complexity index is 323. The first-order chi connectivity index (χ1) is 8.95. The van der Waals surface area contributed by atoms with Gasteiger partial charge in [0.2, 0.25) is 23.6 Å². The monoisotopic (exact) mass is 292 g/mol. The Morgan fingerprint density at radius 3 is 1.58 bits per heavy atom. The number of amides is 4. The summed E-state index contributed by atoms with van der Waals surface area (Å²) in [7, 11) is 0. The Hall–Kier alpha value is -1.77. The summed E-state index contributed by atoms with van der Waals surface area (Å²) in [5.74, 6) is -2.15. The van der Waals surface area contributed by atoms with Gasteiger partial charge in [0.15, 0.2) is 0 Å². The largest absolute Gasteiger partial charge is 0.368 e. The van der Waals surface area contributed by atoms with Crippen LogP contribution in [0.2, 0.25) is 0 Å². The Balaban J connectivity index is 0. The Labute approximate surface area is 117 Å². The highest BCUT2D eigenvalue weighted by Gasteiger charge is 2.07. The molecule has 5 N–H and O–H groups in total. The molecular formula is C10H20N4O4S. The molecule has 9 heteroatoms. The van der Waals surface area contributed by atoms with E-state index in [0.717, 1.165) is 0 Å². The van der Waals surface area contributed by atoms with Gasteiger partial charge in [0.25, 0.3) is 0 Å². The molecule has 0 spiro atoms. The van der Waals surface area contributed by atoms with E-state index in [-0.39, 0.29) is 31.3 Å². The summed E-state index contributed by atoms with van der Waals surface area (Å²) in [5.41, 5.74) is 4.80. The maximum atomic E-state index is 11.1. The van der Waals surface area contributed by atoms with Gasteiger partial charge in [0.1, 0.15) is 0 Å². The molecule has 8 nitrogen and oxygen atoms in total. The molecule has 0 aromatic rings. The van der Waals surface area contributed by atoms with Crippen molar-refractivity contribution < 1.29 is 19.2 Å². The maximum absolute atomic E-state index is 11.1. The summed E-state index contributed by atoms with van der Waals surface area (Å²) in [5, 5.41) is 6.70. The number of carbonyl (C=O) groups is 4. The van der Waals surface area contributed by atoms with Crippen LogP contribution in [0.15, 0.2) is 0 Å². The lowest BCUT2D eigenvalue weighted by Crippen LogP contribution is -2.43. The van der Waals surface area contributed by atoms with Crippen LogP contribution in [0.25, 0.3) is 0 Å². The van der Waals surface area contributed by atoms with Gasteiger partial charge in [-0.05, 0) is 0 Å². The van der Waals surface area contributed by atoms with E-state index in [1.165, 1.54) is 0 Å². The standard InChI is InChI=1S/C8H14N4O4S.C2H6/c9-5(13)1-10-6(14)2-11-7(15)3-12-8(16)4-17;1-2/h17H,1-4H2,(H2,9,13)(H,10,14)(H,11,15)(H,12,16);1-2H3. The molecule has 0 fully saturated rings. The van der Waals surface area contributed by atoms with Gasteiger partial charge in [-0.25, -0.2) is 0 Å². The van der Waals surface area contributed by atoms with E-state index in [2.05, 4.69) is 28.6 Å². The van der Waals surface area contributed by atoms with E-state index in [1.807, 2.05) is 13.8 Å². The normalized spacial score (nSPS) is 8.58. The SMILES string of the molecule is CC.NC(=O)CNC(=O)CNC(=O)CNC(=O)CS. The van der Waals surface area contributed by atoms with Crippen molar-refractivity contribution in [2.75, 3.05) is 25.4 Å². The number of nitrogens with two attached hydrogens (primary N) is 1. The van der Waals surface area contributed by atoms with Crippen molar-refractivity contribution in [3.8, 4) is 0 Å². The molecule has 4 amide bonds. The molecule has 0 radical (unpaired) electrons. The number of rotatable bonds is 7. The van der Waals surface area contributed by atoms with Crippen molar-refractivity contribution >= 4 is 36.3 Å². The number of hydrogen-bond donors (Lipinski definition) is 5. The highest BCUT2D eigenvalue weighted by Crippen LogP contribution is 1.73. The molecule has 0 bridgehead atoms. The minimum Gasteiger partial charge on any atom is -0.368 e. The Morgan fingerprint density at radius 1 is 0.842 bits per heavy atom. The second kappa shape index (κ2) is 12.7. The van der Waals surface area contributed by atoms with E-state index < -0.39 is 17.7 Å². The first-order valence-electron chi connectivity index (χ1n) is 5.65. The van der Waals surface area contributed by atoms with E-state index in [9.17, 15) is 19.2 Å². The fourth-order valence-corrected chi connectivity index (χ4v) is 0.836. The van der Waals surface area contributed by atoms with E-state index >= 15 is 0 Å². The van der Waals surface area contributed by atoms with Crippen LogP contribution >= 0.6 is 12.6 Å². The van der Waals surface area contributed by atoms with Crippen molar-refractivity contribution in [2.45, 2.75) is 13.8 Å². The van der Waals surface area contributed by atoms with Crippen LogP contribution in [0.4, 0.5) is 0 Å². The van der Waals surface area contributed by atoms with Crippen molar-refractivity contribution in [1.29, 1.82) is 0 Å². The number of carbonyl (C=O) groups excluding carboxylic acids is 4. The van der Waals surface area contributed by atoms with Crippen LogP contribution in [-0.2, 0) is 19.2 Å². The molecule has 0 saturated carbocycles. The predicted molar refractivity (Wildman–Crippen MR) is 73.4 cm³/mol. The summed E-state index contributed by atoms with van der Waals surface area (Å²) >= 11 is 3.70. The van der Waals surface area contributed by atoms with Gasteiger partial charge in [-0.3, -0.25) is 19.2 Å². The third-order valence-corrected chi connectivity index (χ3v) is 1.78. The molecule has 0 heterocycles. The van der Waals surface area contributed by atoms with Crippen LogP contribution in [0.3, 0.4) is 0 Å². The fourth-order valence-electron chi connectivity index (χ4n) is 0.724. The Kier molecular flexibility index (Phi) is 13.1. The summed E-state index contributed by atoms with van der Waals surface area (Å²) in [6, 6.07) is 0. The lowest BCUT2D eigenvalue weighted by molar-refractivity contribution is -0.127. The zero-order valence-electron chi connectivity index (χ0n) is 11.0. The van der Waals surface area contributed by atoms with E-state index in [0.29, 0.717) is 0 Å². The molecule has 0 aliphatic carbocycles. The first-order valence-corrected chi connectivity index (χ1v) is 6.28. The highest BCUT2D eigenvalue weighted by atomic mass is 32.1. The van der Waals surface area contributed by atoms with Crippen LogP contribution < -0.4 is 21.7 Å². The summed E-state index contributed by atoms with van der Waals surface area (Å²) in [6.07, 6.45) is 0. The molecule has 0 unspecified atom stereocenters. The van der Waals surface area contributed by atoms with Gasteiger partial charge in [0, 0.05) is 0 Å². The maximum Gasteiger partial charge on any atom is 0.239 e. The predicted octanol–water partition coefficient (Wildman–Crippen LogP) is -2.22. The molecule has 0 aliphatic rings. The second-order valence-electron chi connectivity index (χ2n) is 2.95. The third-order valence-electron chi connectivity index (χ3n) is 1.50. The minimum absolute atomic E-state index is 0.0215. The topological polar surface area (TPSA) is 130 Å². The average molecular weight is 292 g/mol. The molecule has 0 aromatic carbocycles. The molecular weight excluding hydrogens is 272 g/mol. The summed E-state index contributed by atoms with van der Waals surface area (Å²) < 4.78 is 0. The average Bonchev–Trinajstić information content (AvgIpc) is 2.42. The van der Waals surface area contributed by atoms with Crippen LogP contribution in [-0.4, -0.2) is 49.0 Å². The molecule has 0 saturated heterocycles. The van der Waals surface area contributed by atoms with Gasteiger partial charge >= 0.3 is 0 Å². The van der Waals surface area contributed by atoms with Gasteiger partial charge in [-0.15, -0.1) is 0 Å². The van der Waals surface area contributed by atoms with Crippen LogP contribution in [0.1, 0.15) is 13.8 Å². The number of hydrogen-bond acceptors (Lipinski definition) is 5. The number of primary amides is 1. The van der Waals surface area contributed by atoms with Crippen LogP contribution in [0, 0.1) is 0 Å². The number of nitrogens with one attached hydrogen (secondary N) is 3. The van der Waals surface area contributed by atoms with Gasteiger partial charge < -0.3 is 21.7 Å². The first kappa shape index (κ1) is 19.6.